The molecule has 0 atom stereocenters. The summed E-state index contributed by atoms with van der Waals surface area (Å²) in [6.45, 7) is 0. The Balaban J connectivity index is 1.35. The van der Waals surface area contributed by atoms with Gasteiger partial charge in [-0.25, -0.2) is 0 Å². The molecule has 7 aromatic carbocycles. The zero-order valence-electron chi connectivity index (χ0n) is 20.6. The highest BCUT2D eigenvalue weighted by molar-refractivity contribution is 6.10. The molecule has 1 heterocycles. The van der Waals surface area contributed by atoms with Gasteiger partial charge in [0.25, 0.3) is 0 Å². The minimum atomic E-state index is 0.916. The third kappa shape index (κ3) is 3.35. The van der Waals surface area contributed by atoms with Crippen LogP contribution in [0.4, 0.5) is 17.1 Å². The summed E-state index contributed by atoms with van der Waals surface area (Å²) in [5, 5.41) is 9.58. The van der Waals surface area contributed by atoms with Gasteiger partial charge in [-0.05, 0) is 86.9 Å². The number of para-hydroxylation sites is 1. The van der Waals surface area contributed by atoms with Gasteiger partial charge in [-0.1, -0.05) is 84.9 Å². The predicted molar refractivity (Wildman–Crippen MR) is 161 cm³/mol. The summed E-state index contributed by atoms with van der Waals surface area (Å²) in [5.41, 5.74) is 5.20. The Morgan fingerprint density at radius 3 is 1.50 bits per heavy atom. The van der Waals surface area contributed by atoms with Crippen LogP contribution in [0.5, 0.6) is 0 Å². The average Bonchev–Trinajstić information content (AvgIpc) is 3.33. The normalized spacial score (nSPS) is 11.7. The van der Waals surface area contributed by atoms with E-state index in [-0.39, 0.29) is 0 Å². The summed E-state index contributed by atoms with van der Waals surface area (Å²) >= 11 is 0. The number of furan rings is 1. The van der Waals surface area contributed by atoms with Gasteiger partial charge in [-0.3, -0.25) is 0 Å². The summed E-state index contributed by atoms with van der Waals surface area (Å²) in [6, 6.07) is 49.8. The zero-order valence-corrected chi connectivity index (χ0v) is 20.6. The highest BCUT2D eigenvalue weighted by Gasteiger charge is 2.15. The van der Waals surface area contributed by atoms with Crippen molar-refractivity contribution < 1.29 is 4.42 Å². The maximum Gasteiger partial charge on any atom is 0.136 e. The first-order chi connectivity index (χ1) is 18.8. The Morgan fingerprint density at radius 1 is 0.342 bits per heavy atom. The summed E-state index contributed by atoms with van der Waals surface area (Å²) in [7, 11) is 0. The van der Waals surface area contributed by atoms with Gasteiger partial charge in [0.1, 0.15) is 11.2 Å². The lowest BCUT2D eigenvalue weighted by molar-refractivity contribution is 0.669. The molecule has 0 saturated carbocycles. The molecule has 8 aromatic rings. The average molecular weight is 486 g/mol. The molecule has 1 aromatic heterocycles. The van der Waals surface area contributed by atoms with E-state index >= 15 is 0 Å². The van der Waals surface area contributed by atoms with E-state index in [0.717, 1.165) is 44.4 Å². The third-order valence-corrected chi connectivity index (χ3v) is 7.56. The number of hydrogen-bond donors (Lipinski definition) is 0. The fourth-order valence-corrected chi connectivity index (χ4v) is 5.67. The number of rotatable bonds is 3. The molecule has 0 N–H and O–H groups in total. The lowest BCUT2D eigenvalue weighted by atomic mass is 10.0. The SMILES string of the molecule is c1ccc2cc(N(c3ccc4ccccc4c3)c3ccc4cc5c(cc4c3)oc3ccccc35)ccc2c1. The van der Waals surface area contributed by atoms with E-state index in [4.69, 9.17) is 4.42 Å². The van der Waals surface area contributed by atoms with E-state index in [2.05, 4.69) is 132 Å². The Morgan fingerprint density at radius 2 is 0.842 bits per heavy atom. The highest BCUT2D eigenvalue weighted by Crippen LogP contribution is 2.40. The van der Waals surface area contributed by atoms with Gasteiger partial charge in [0.15, 0.2) is 0 Å². The minimum Gasteiger partial charge on any atom is -0.456 e. The minimum absolute atomic E-state index is 0.916. The standard InChI is InChI=1S/C36H23NO/c1-3-9-26-19-30(16-13-24(26)7-1)37(31-17-14-25-8-2-4-10-27(25)20-31)32-18-15-28-22-34-33-11-5-6-12-35(33)38-36(34)23-29(28)21-32/h1-23H. The van der Waals surface area contributed by atoms with Crippen molar-refractivity contribution in [3.63, 3.8) is 0 Å². The lowest BCUT2D eigenvalue weighted by Crippen LogP contribution is -2.10. The Bertz CT molecular complexity index is 2070. The second kappa shape index (κ2) is 8.22. The van der Waals surface area contributed by atoms with Crippen LogP contribution in [0.2, 0.25) is 0 Å². The Kier molecular flexibility index (Phi) is 4.55. The second-order valence-corrected chi connectivity index (χ2v) is 9.88. The monoisotopic (exact) mass is 485 g/mol. The van der Waals surface area contributed by atoms with Crippen molar-refractivity contribution in [3.8, 4) is 0 Å². The van der Waals surface area contributed by atoms with Crippen molar-refractivity contribution in [2.45, 2.75) is 0 Å². The van der Waals surface area contributed by atoms with Gasteiger partial charge in [0, 0.05) is 27.8 Å². The second-order valence-electron chi connectivity index (χ2n) is 9.88. The summed E-state index contributed by atoms with van der Waals surface area (Å²) in [6.07, 6.45) is 0. The Labute approximate surface area is 220 Å². The highest BCUT2D eigenvalue weighted by atomic mass is 16.3. The molecule has 0 aliphatic heterocycles. The zero-order chi connectivity index (χ0) is 25.1. The molecule has 0 unspecified atom stereocenters. The molecule has 0 radical (unpaired) electrons. The molecule has 0 aliphatic carbocycles. The van der Waals surface area contributed by atoms with E-state index in [9.17, 15) is 0 Å². The molecule has 0 amide bonds. The number of fused-ring (bicyclic) bond motifs is 6. The molecule has 0 saturated heterocycles. The number of benzene rings is 7. The van der Waals surface area contributed by atoms with Crippen molar-refractivity contribution in [3.05, 3.63) is 140 Å². The van der Waals surface area contributed by atoms with Gasteiger partial charge in [0.2, 0.25) is 0 Å². The smallest absolute Gasteiger partial charge is 0.136 e. The first-order valence-corrected chi connectivity index (χ1v) is 12.9. The van der Waals surface area contributed by atoms with Crippen molar-refractivity contribution in [1.82, 2.24) is 0 Å². The van der Waals surface area contributed by atoms with Gasteiger partial charge in [0.05, 0.1) is 0 Å². The van der Waals surface area contributed by atoms with Crippen LogP contribution in [0.25, 0.3) is 54.3 Å². The van der Waals surface area contributed by atoms with Gasteiger partial charge < -0.3 is 9.32 Å². The molecule has 0 aliphatic rings. The first kappa shape index (κ1) is 21.0. The van der Waals surface area contributed by atoms with Gasteiger partial charge in [-0.2, -0.15) is 0 Å². The van der Waals surface area contributed by atoms with Crippen LogP contribution in [0, 0.1) is 0 Å². The molecular formula is C36H23NO. The third-order valence-electron chi connectivity index (χ3n) is 7.56. The van der Waals surface area contributed by atoms with Crippen LogP contribution in [0.3, 0.4) is 0 Å². The lowest BCUT2D eigenvalue weighted by Gasteiger charge is -2.26. The molecular weight excluding hydrogens is 462 g/mol. The molecule has 2 heteroatoms. The van der Waals surface area contributed by atoms with Crippen molar-refractivity contribution >= 4 is 71.3 Å². The van der Waals surface area contributed by atoms with Crippen LogP contribution < -0.4 is 4.90 Å². The summed E-state index contributed by atoms with van der Waals surface area (Å²) in [4.78, 5) is 2.35. The van der Waals surface area contributed by atoms with Gasteiger partial charge in [-0.15, -0.1) is 0 Å². The van der Waals surface area contributed by atoms with Crippen LogP contribution in [0.15, 0.2) is 144 Å². The van der Waals surface area contributed by atoms with Crippen molar-refractivity contribution in [2.75, 3.05) is 4.90 Å². The number of anilines is 3. The van der Waals surface area contributed by atoms with Crippen LogP contribution in [-0.4, -0.2) is 0 Å². The van der Waals surface area contributed by atoms with Crippen molar-refractivity contribution in [1.29, 1.82) is 0 Å². The van der Waals surface area contributed by atoms with Crippen LogP contribution in [0.1, 0.15) is 0 Å². The molecule has 38 heavy (non-hydrogen) atoms. The van der Waals surface area contributed by atoms with E-state index in [0.29, 0.717) is 0 Å². The molecule has 8 rings (SSSR count). The Hall–Kier alpha value is -5.08. The van der Waals surface area contributed by atoms with Crippen molar-refractivity contribution in [2.24, 2.45) is 0 Å². The molecule has 0 spiro atoms. The maximum absolute atomic E-state index is 6.21. The molecule has 178 valence electrons. The number of hydrogen-bond acceptors (Lipinski definition) is 2. The first-order valence-electron chi connectivity index (χ1n) is 12.9. The fourth-order valence-electron chi connectivity index (χ4n) is 5.67. The van der Waals surface area contributed by atoms with Crippen LogP contribution >= 0.6 is 0 Å². The van der Waals surface area contributed by atoms with Crippen LogP contribution in [-0.2, 0) is 0 Å². The van der Waals surface area contributed by atoms with E-state index < -0.39 is 0 Å². The van der Waals surface area contributed by atoms with E-state index in [1.807, 2.05) is 12.1 Å². The summed E-state index contributed by atoms with van der Waals surface area (Å²) in [5.74, 6) is 0. The largest absolute Gasteiger partial charge is 0.456 e. The molecule has 2 nitrogen and oxygen atoms in total. The van der Waals surface area contributed by atoms with Gasteiger partial charge >= 0.3 is 0 Å². The molecule has 0 fully saturated rings. The topological polar surface area (TPSA) is 16.4 Å². The summed E-state index contributed by atoms with van der Waals surface area (Å²) < 4.78 is 6.21. The predicted octanol–water partition coefficient (Wildman–Crippen LogP) is 10.5. The quantitative estimate of drug-likeness (QED) is 0.247. The van der Waals surface area contributed by atoms with E-state index in [1.54, 1.807) is 0 Å². The fraction of sp³-hybridized carbons (Fsp3) is 0. The number of nitrogens with zero attached hydrogens (tertiary/aromatic N) is 1. The maximum atomic E-state index is 6.21. The van der Waals surface area contributed by atoms with E-state index in [1.165, 1.54) is 26.9 Å². The molecule has 0 bridgehead atoms.